The van der Waals surface area contributed by atoms with Crippen LogP contribution < -0.4 is 5.73 Å². The molecule has 0 rings (SSSR count). The van der Waals surface area contributed by atoms with Crippen LogP contribution in [0.15, 0.2) is 12.3 Å². The van der Waals surface area contributed by atoms with Crippen LogP contribution >= 0.6 is 0 Å². The van der Waals surface area contributed by atoms with E-state index in [4.69, 9.17) is 10.5 Å². The van der Waals surface area contributed by atoms with E-state index in [0.29, 0.717) is 0 Å². The standard InChI is InChI=1S/C5H11NO/c1-7-5-3-2-4-6/h2,4H,3,5-6H2,1H3/b4-2+. The fraction of sp³-hybridized carbons (Fsp3) is 0.600. The summed E-state index contributed by atoms with van der Waals surface area (Å²) in [6.45, 7) is 0.758. The zero-order chi connectivity index (χ0) is 5.54. The second-order valence-electron chi connectivity index (χ2n) is 1.21. The topological polar surface area (TPSA) is 35.2 Å². The number of hydrogen-bond acceptors (Lipinski definition) is 2. The van der Waals surface area contributed by atoms with Crippen LogP contribution in [0.5, 0.6) is 0 Å². The Bertz CT molecular complexity index is 52.0. The van der Waals surface area contributed by atoms with E-state index in [1.165, 1.54) is 6.20 Å². The highest BCUT2D eigenvalue weighted by Gasteiger charge is 1.72. The SMILES string of the molecule is COCC/C=C/N. The largest absolute Gasteiger partial charge is 0.405 e. The maximum atomic E-state index is 5.03. The molecule has 0 saturated carbocycles. The van der Waals surface area contributed by atoms with Crippen LogP contribution in [0.25, 0.3) is 0 Å². The Morgan fingerprint density at radius 2 is 2.43 bits per heavy atom. The number of methoxy groups -OCH3 is 1. The molecule has 0 saturated heterocycles. The first kappa shape index (κ1) is 6.50. The Hall–Kier alpha value is -0.500. The molecule has 0 radical (unpaired) electrons. The first-order chi connectivity index (χ1) is 3.41. The van der Waals surface area contributed by atoms with Gasteiger partial charge in [0.1, 0.15) is 0 Å². The van der Waals surface area contributed by atoms with Gasteiger partial charge in [0.2, 0.25) is 0 Å². The molecule has 0 heterocycles. The van der Waals surface area contributed by atoms with Crippen LogP contribution in [0, 0.1) is 0 Å². The van der Waals surface area contributed by atoms with Gasteiger partial charge in [0.15, 0.2) is 0 Å². The minimum absolute atomic E-state index is 0.758. The van der Waals surface area contributed by atoms with E-state index >= 15 is 0 Å². The average molecular weight is 101 g/mol. The molecule has 0 aliphatic heterocycles. The van der Waals surface area contributed by atoms with Crippen molar-refractivity contribution >= 4 is 0 Å². The molecule has 0 amide bonds. The van der Waals surface area contributed by atoms with Gasteiger partial charge in [0.25, 0.3) is 0 Å². The summed E-state index contributed by atoms with van der Waals surface area (Å²) in [5.41, 5.74) is 5.03. The number of nitrogens with two attached hydrogens (primary N) is 1. The van der Waals surface area contributed by atoms with Gasteiger partial charge >= 0.3 is 0 Å². The Kier molecular flexibility index (Phi) is 5.11. The molecule has 7 heavy (non-hydrogen) atoms. The van der Waals surface area contributed by atoms with Crippen molar-refractivity contribution in [3.8, 4) is 0 Å². The van der Waals surface area contributed by atoms with Gasteiger partial charge in [-0.3, -0.25) is 0 Å². The molecule has 0 fully saturated rings. The van der Waals surface area contributed by atoms with Crippen LogP contribution in [0.4, 0.5) is 0 Å². The summed E-state index contributed by atoms with van der Waals surface area (Å²) in [6, 6.07) is 0. The first-order valence-electron chi connectivity index (χ1n) is 2.27. The lowest BCUT2D eigenvalue weighted by Gasteiger charge is -1.87. The maximum absolute atomic E-state index is 5.03. The van der Waals surface area contributed by atoms with Crippen LogP contribution in [0.3, 0.4) is 0 Å². The van der Waals surface area contributed by atoms with Gasteiger partial charge in [0.05, 0.1) is 0 Å². The molecule has 0 aromatic heterocycles. The predicted molar refractivity (Wildman–Crippen MR) is 29.8 cm³/mol. The summed E-state index contributed by atoms with van der Waals surface area (Å²) >= 11 is 0. The highest BCUT2D eigenvalue weighted by molar-refractivity contribution is 4.74. The van der Waals surface area contributed by atoms with E-state index < -0.39 is 0 Å². The fourth-order valence-corrected chi connectivity index (χ4v) is 0.282. The predicted octanol–water partition coefficient (Wildman–Crippen LogP) is 0.495. The van der Waals surface area contributed by atoms with E-state index in [1.807, 2.05) is 6.08 Å². The van der Waals surface area contributed by atoms with Gasteiger partial charge in [-0.05, 0) is 12.6 Å². The summed E-state index contributed by atoms with van der Waals surface area (Å²) in [6.07, 6.45) is 4.30. The van der Waals surface area contributed by atoms with E-state index in [1.54, 1.807) is 7.11 Å². The van der Waals surface area contributed by atoms with E-state index in [2.05, 4.69) is 0 Å². The molecule has 0 aliphatic rings. The third kappa shape index (κ3) is 5.50. The average Bonchev–Trinajstić information content (AvgIpc) is 1.69. The molecule has 0 aromatic carbocycles. The van der Waals surface area contributed by atoms with Crippen LogP contribution in [-0.4, -0.2) is 13.7 Å². The molecule has 0 spiro atoms. The minimum Gasteiger partial charge on any atom is -0.405 e. The smallest absolute Gasteiger partial charge is 0.0497 e. The van der Waals surface area contributed by atoms with Gasteiger partial charge in [0, 0.05) is 13.7 Å². The van der Waals surface area contributed by atoms with Gasteiger partial charge in [-0.15, -0.1) is 0 Å². The molecule has 0 unspecified atom stereocenters. The number of ether oxygens (including phenoxy) is 1. The normalized spacial score (nSPS) is 10.4. The lowest BCUT2D eigenvalue weighted by atomic mass is 10.4. The molecule has 2 heteroatoms. The molecule has 42 valence electrons. The van der Waals surface area contributed by atoms with Crippen LogP contribution in [0.2, 0.25) is 0 Å². The third-order valence-electron chi connectivity index (χ3n) is 0.625. The van der Waals surface area contributed by atoms with Crippen molar-refractivity contribution in [3.63, 3.8) is 0 Å². The molecule has 0 bridgehead atoms. The van der Waals surface area contributed by atoms with Crippen molar-refractivity contribution in [1.29, 1.82) is 0 Å². The quantitative estimate of drug-likeness (QED) is 0.525. The maximum Gasteiger partial charge on any atom is 0.0497 e. The van der Waals surface area contributed by atoms with Crippen molar-refractivity contribution in [3.05, 3.63) is 12.3 Å². The van der Waals surface area contributed by atoms with E-state index in [9.17, 15) is 0 Å². The van der Waals surface area contributed by atoms with Crippen molar-refractivity contribution in [2.24, 2.45) is 5.73 Å². The van der Waals surface area contributed by atoms with Crippen molar-refractivity contribution in [1.82, 2.24) is 0 Å². The first-order valence-corrected chi connectivity index (χ1v) is 2.27. The van der Waals surface area contributed by atoms with Crippen molar-refractivity contribution in [2.75, 3.05) is 13.7 Å². The molecule has 2 N–H and O–H groups in total. The molecule has 0 aromatic rings. The molecule has 0 aliphatic carbocycles. The van der Waals surface area contributed by atoms with E-state index in [-0.39, 0.29) is 0 Å². The Morgan fingerprint density at radius 3 is 2.86 bits per heavy atom. The third-order valence-corrected chi connectivity index (χ3v) is 0.625. The summed E-state index contributed by atoms with van der Waals surface area (Å²) in [7, 11) is 1.67. The second-order valence-corrected chi connectivity index (χ2v) is 1.21. The minimum atomic E-state index is 0.758. The Morgan fingerprint density at radius 1 is 1.71 bits per heavy atom. The van der Waals surface area contributed by atoms with Gasteiger partial charge in [-0.2, -0.15) is 0 Å². The van der Waals surface area contributed by atoms with E-state index in [0.717, 1.165) is 13.0 Å². The van der Waals surface area contributed by atoms with Gasteiger partial charge in [-0.1, -0.05) is 6.08 Å². The highest BCUT2D eigenvalue weighted by Crippen LogP contribution is 1.78. The van der Waals surface area contributed by atoms with Crippen LogP contribution in [0.1, 0.15) is 6.42 Å². The van der Waals surface area contributed by atoms with Crippen molar-refractivity contribution < 1.29 is 4.74 Å². The summed E-state index contributed by atoms with van der Waals surface area (Å²) < 4.78 is 4.74. The fourth-order valence-electron chi connectivity index (χ4n) is 0.282. The lowest BCUT2D eigenvalue weighted by Crippen LogP contribution is -1.85. The van der Waals surface area contributed by atoms with Gasteiger partial charge < -0.3 is 10.5 Å². The Balaban J connectivity index is 2.69. The summed E-state index contributed by atoms with van der Waals surface area (Å²) in [4.78, 5) is 0. The molecule has 0 atom stereocenters. The number of hydrogen-bond donors (Lipinski definition) is 1. The molecule has 2 nitrogen and oxygen atoms in total. The highest BCUT2D eigenvalue weighted by atomic mass is 16.5. The Labute approximate surface area is 44.0 Å². The summed E-state index contributed by atoms with van der Waals surface area (Å²) in [5, 5.41) is 0. The van der Waals surface area contributed by atoms with Crippen LogP contribution in [-0.2, 0) is 4.74 Å². The lowest BCUT2D eigenvalue weighted by molar-refractivity contribution is 0.204. The molecular weight excluding hydrogens is 90.1 g/mol. The monoisotopic (exact) mass is 101 g/mol. The zero-order valence-electron chi connectivity index (χ0n) is 4.55. The number of rotatable bonds is 3. The zero-order valence-corrected chi connectivity index (χ0v) is 4.55. The van der Waals surface area contributed by atoms with Crippen molar-refractivity contribution in [2.45, 2.75) is 6.42 Å². The second kappa shape index (κ2) is 5.50. The molecular formula is C5H11NO. The summed E-state index contributed by atoms with van der Waals surface area (Å²) in [5.74, 6) is 0. The van der Waals surface area contributed by atoms with Gasteiger partial charge in [-0.25, -0.2) is 0 Å².